The van der Waals surface area contributed by atoms with E-state index in [2.05, 4.69) is 33.0 Å². The maximum atomic E-state index is 12.2. The molecule has 22 heavy (non-hydrogen) atoms. The Balaban J connectivity index is 2.04. The van der Waals surface area contributed by atoms with Crippen LogP contribution in [0.4, 0.5) is 0 Å². The third-order valence-corrected chi connectivity index (χ3v) is 3.94. The molecule has 1 aliphatic rings. The Bertz CT molecular complexity index is 558. The van der Waals surface area contributed by atoms with Gasteiger partial charge in [0.05, 0.1) is 17.7 Å². The van der Waals surface area contributed by atoms with Crippen LogP contribution in [0.15, 0.2) is 24.3 Å². The molecule has 1 aromatic rings. The minimum absolute atomic E-state index is 0.0468. The van der Waals surface area contributed by atoms with E-state index in [1.807, 2.05) is 7.05 Å². The zero-order valence-corrected chi connectivity index (χ0v) is 13.9. The summed E-state index contributed by atoms with van der Waals surface area (Å²) in [6, 6.07) is 6.78. The molecule has 0 spiro atoms. The fraction of sp³-hybridized carbons (Fsp3) is 0.529. The minimum atomic E-state index is -0.385. The molecule has 2 amide bonds. The van der Waals surface area contributed by atoms with Gasteiger partial charge in [-0.1, -0.05) is 26.0 Å². The van der Waals surface area contributed by atoms with E-state index in [1.165, 1.54) is 0 Å². The van der Waals surface area contributed by atoms with Crippen LogP contribution in [0, 0.1) is 5.41 Å². The Hall–Kier alpha value is -1.72. The molecule has 1 N–H and O–H groups in total. The van der Waals surface area contributed by atoms with Crippen molar-refractivity contribution in [2.75, 3.05) is 13.7 Å². The summed E-state index contributed by atoms with van der Waals surface area (Å²) < 4.78 is 0. The molecule has 1 heterocycles. The standard InChI is InChI=1S/C17H24N2O3/c1-16(2,10-17(3,4)18-5)11-22-19-14(20)12-8-6-7-9-13(12)15(19)21/h6-9,18H,10-11H2,1-5H3. The van der Waals surface area contributed by atoms with E-state index in [4.69, 9.17) is 4.84 Å². The molecule has 0 bridgehead atoms. The first kappa shape index (κ1) is 16.6. The lowest BCUT2D eigenvalue weighted by Gasteiger charge is -2.35. The second-order valence-corrected chi connectivity index (χ2v) is 7.20. The number of benzene rings is 1. The summed E-state index contributed by atoms with van der Waals surface area (Å²) in [6.07, 6.45) is 0.847. The van der Waals surface area contributed by atoms with Crippen LogP contribution in [0.2, 0.25) is 0 Å². The predicted molar refractivity (Wildman–Crippen MR) is 84.4 cm³/mol. The van der Waals surface area contributed by atoms with E-state index < -0.39 is 0 Å². The Morgan fingerprint density at radius 2 is 1.55 bits per heavy atom. The Morgan fingerprint density at radius 3 is 2.00 bits per heavy atom. The van der Waals surface area contributed by atoms with E-state index in [0.717, 1.165) is 11.5 Å². The van der Waals surface area contributed by atoms with Gasteiger partial charge in [-0.3, -0.25) is 14.4 Å². The number of hydroxylamine groups is 2. The summed E-state index contributed by atoms with van der Waals surface area (Å²) in [6.45, 7) is 8.63. The lowest BCUT2D eigenvalue weighted by atomic mass is 9.81. The van der Waals surface area contributed by atoms with Crippen molar-refractivity contribution >= 4 is 11.8 Å². The Morgan fingerprint density at radius 1 is 1.05 bits per heavy atom. The highest BCUT2D eigenvalue weighted by molar-refractivity contribution is 6.20. The van der Waals surface area contributed by atoms with E-state index in [1.54, 1.807) is 24.3 Å². The highest BCUT2D eigenvalue weighted by Gasteiger charge is 2.38. The molecule has 0 saturated carbocycles. The van der Waals surface area contributed by atoms with E-state index in [9.17, 15) is 9.59 Å². The van der Waals surface area contributed by atoms with Gasteiger partial charge < -0.3 is 5.32 Å². The zero-order valence-electron chi connectivity index (χ0n) is 13.9. The van der Waals surface area contributed by atoms with E-state index in [-0.39, 0.29) is 22.8 Å². The summed E-state index contributed by atoms with van der Waals surface area (Å²) in [5.74, 6) is -0.770. The number of carbonyl (C=O) groups is 2. The average Bonchev–Trinajstić information content (AvgIpc) is 2.68. The van der Waals surface area contributed by atoms with Gasteiger partial charge in [0.1, 0.15) is 0 Å². The van der Waals surface area contributed by atoms with Gasteiger partial charge in [-0.05, 0) is 44.9 Å². The molecular weight excluding hydrogens is 280 g/mol. The Labute approximate surface area is 131 Å². The summed E-state index contributed by atoms with van der Waals surface area (Å²) in [4.78, 5) is 30.0. The van der Waals surface area contributed by atoms with Crippen LogP contribution in [-0.2, 0) is 4.84 Å². The van der Waals surface area contributed by atoms with Gasteiger partial charge in [0.15, 0.2) is 0 Å². The van der Waals surface area contributed by atoms with Crippen LogP contribution in [0.1, 0.15) is 54.8 Å². The first-order chi connectivity index (χ1) is 10.2. The first-order valence-electron chi connectivity index (χ1n) is 7.46. The van der Waals surface area contributed by atoms with Crippen LogP contribution >= 0.6 is 0 Å². The van der Waals surface area contributed by atoms with Crippen molar-refractivity contribution in [1.29, 1.82) is 0 Å². The maximum Gasteiger partial charge on any atom is 0.285 e. The SMILES string of the molecule is CNC(C)(C)CC(C)(C)CON1C(=O)c2ccccc2C1=O. The largest absolute Gasteiger partial charge is 0.315 e. The maximum absolute atomic E-state index is 12.2. The summed E-state index contributed by atoms with van der Waals surface area (Å²) >= 11 is 0. The fourth-order valence-electron chi connectivity index (χ4n) is 2.86. The lowest BCUT2D eigenvalue weighted by Crippen LogP contribution is -2.43. The molecule has 0 fully saturated rings. The molecule has 0 saturated heterocycles. The Kier molecular flexibility index (Phi) is 4.40. The lowest BCUT2D eigenvalue weighted by molar-refractivity contribution is -0.119. The van der Waals surface area contributed by atoms with Crippen molar-refractivity contribution in [3.05, 3.63) is 35.4 Å². The van der Waals surface area contributed by atoms with Gasteiger partial charge in [-0.25, -0.2) is 0 Å². The van der Waals surface area contributed by atoms with Crippen molar-refractivity contribution in [3.63, 3.8) is 0 Å². The van der Waals surface area contributed by atoms with Crippen LogP contribution < -0.4 is 5.32 Å². The topological polar surface area (TPSA) is 58.6 Å². The summed E-state index contributed by atoms with van der Waals surface area (Å²) in [5, 5.41) is 4.14. The van der Waals surface area contributed by atoms with E-state index in [0.29, 0.717) is 17.7 Å². The van der Waals surface area contributed by atoms with Crippen molar-refractivity contribution in [2.45, 2.75) is 39.7 Å². The minimum Gasteiger partial charge on any atom is -0.315 e. The second-order valence-electron chi connectivity index (χ2n) is 7.20. The highest BCUT2D eigenvalue weighted by atomic mass is 16.7. The van der Waals surface area contributed by atoms with Gasteiger partial charge in [0, 0.05) is 5.54 Å². The zero-order chi connectivity index (χ0) is 16.5. The summed E-state index contributed by atoms with van der Waals surface area (Å²) in [5.41, 5.74) is 0.582. The molecule has 0 aliphatic carbocycles. The third-order valence-electron chi connectivity index (χ3n) is 3.94. The number of nitrogens with zero attached hydrogens (tertiary/aromatic N) is 1. The molecular formula is C17H24N2O3. The highest BCUT2D eigenvalue weighted by Crippen LogP contribution is 2.30. The van der Waals surface area contributed by atoms with Crippen molar-refractivity contribution in [1.82, 2.24) is 10.4 Å². The van der Waals surface area contributed by atoms with Crippen LogP contribution in [-0.4, -0.2) is 36.1 Å². The first-order valence-corrected chi connectivity index (χ1v) is 7.46. The molecule has 0 atom stereocenters. The second kappa shape index (κ2) is 5.82. The van der Waals surface area contributed by atoms with Gasteiger partial charge >= 0.3 is 0 Å². The fourth-order valence-corrected chi connectivity index (χ4v) is 2.86. The predicted octanol–water partition coefficient (Wildman–Crippen LogP) is 2.63. The molecule has 2 rings (SSSR count). The number of rotatable bonds is 6. The number of nitrogens with one attached hydrogen (secondary N) is 1. The smallest absolute Gasteiger partial charge is 0.285 e. The van der Waals surface area contributed by atoms with Gasteiger partial charge in [0.25, 0.3) is 11.8 Å². The molecule has 5 heteroatoms. The van der Waals surface area contributed by atoms with Crippen LogP contribution in [0.25, 0.3) is 0 Å². The van der Waals surface area contributed by atoms with Gasteiger partial charge in [-0.15, -0.1) is 5.06 Å². The van der Waals surface area contributed by atoms with Crippen molar-refractivity contribution in [2.24, 2.45) is 5.41 Å². The monoisotopic (exact) mass is 304 g/mol. The van der Waals surface area contributed by atoms with Crippen LogP contribution in [0.3, 0.4) is 0 Å². The third kappa shape index (κ3) is 3.36. The number of hydrogen-bond donors (Lipinski definition) is 1. The van der Waals surface area contributed by atoms with Crippen molar-refractivity contribution in [3.8, 4) is 0 Å². The molecule has 120 valence electrons. The number of imide groups is 1. The molecule has 0 aromatic heterocycles. The molecule has 0 unspecified atom stereocenters. The average molecular weight is 304 g/mol. The quantitative estimate of drug-likeness (QED) is 0.821. The molecule has 5 nitrogen and oxygen atoms in total. The van der Waals surface area contributed by atoms with Gasteiger partial charge in [-0.2, -0.15) is 0 Å². The number of fused-ring (bicyclic) bond motifs is 1. The number of carbonyl (C=O) groups excluding carboxylic acids is 2. The summed E-state index contributed by atoms with van der Waals surface area (Å²) in [7, 11) is 1.92. The van der Waals surface area contributed by atoms with Gasteiger partial charge in [0.2, 0.25) is 0 Å². The normalized spacial score (nSPS) is 15.4. The van der Waals surface area contributed by atoms with Crippen molar-refractivity contribution < 1.29 is 14.4 Å². The molecule has 1 aromatic carbocycles. The number of amides is 2. The number of hydrogen-bond acceptors (Lipinski definition) is 4. The molecule has 1 aliphatic heterocycles. The molecule has 0 radical (unpaired) electrons. The van der Waals surface area contributed by atoms with Crippen LogP contribution in [0.5, 0.6) is 0 Å². The van der Waals surface area contributed by atoms with E-state index >= 15 is 0 Å².